The van der Waals surface area contributed by atoms with E-state index >= 15 is 0 Å². The van der Waals surface area contributed by atoms with Gasteiger partial charge >= 0.3 is 5.97 Å². The van der Waals surface area contributed by atoms with Crippen LogP contribution in [0.5, 0.6) is 0 Å². The molecule has 2 aromatic rings. The van der Waals surface area contributed by atoms with E-state index in [1.54, 1.807) is 12.1 Å². The third kappa shape index (κ3) is 5.00. The Bertz CT molecular complexity index is 809. The topological polar surface area (TPSA) is 83.0 Å². The van der Waals surface area contributed by atoms with Crippen LogP contribution in [0.4, 0.5) is 0 Å². The zero-order valence-electron chi connectivity index (χ0n) is 16.5. The first-order chi connectivity index (χ1) is 13.3. The quantitative estimate of drug-likeness (QED) is 0.421. The number of halogens is 1. The van der Waals surface area contributed by atoms with E-state index in [0.717, 1.165) is 18.4 Å². The molecule has 1 fully saturated rings. The number of aromatic nitrogens is 3. The van der Waals surface area contributed by atoms with E-state index in [1.165, 1.54) is 22.9 Å². The van der Waals surface area contributed by atoms with Crippen molar-refractivity contribution in [2.75, 3.05) is 11.6 Å². The van der Waals surface area contributed by atoms with Gasteiger partial charge in [-0.2, -0.15) is 0 Å². The summed E-state index contributed by atoms with van der Waals surface area (Å²) >= 11 is 7.15. The number of hydrogen-bond donors (Lipinski definition) is 1. The number of esters is 1. The monoisotopic (exact) mass is 422 g/mol. The first-order valence-corrected chi connectivity index (χ1v) is 11.0. The molecule has 0 bridgehead atoms. The highest BCUT2D eigenvalue weighted by Gasteiger charge is 2.33. The van der Waals surface area contributed by atoms with Crippen LogP contribution in [0.25, 0.3) is 11.4 Å². The molecular formula is C20H27ClN4O2S. The Morgan fingerprint density at radius 2 is 2.04 bits per heavy atom. The van der Waals surface area contributed by atoms with Crippen LogP contribution in [0.15, 0.2) is 29.4 Å². The summed E-state index contributed by atoms with van der Waals surface area (Å²) < 4.78 is 7.22. The van der Waals surface area contributed by atoms with Crippen LogP contribution in [-0.4, -0.2) is 32.7 Å². The summed E-state index contributed by atoms with van der Waals surface area (Å²) in [5.41, 5.74) is 0.810. The van der Waals surface area contributed by atoms with Gasteiger partial charge in [0.1, 0.15) is 6.10 Å². The Morgan fingerprint density at radius 3 is 2.71 bits per heavy atom. The summed E-state index contributed by atoms with van der Waals surface area (Å²) in [5.74, 6) is 8.09. The fourth-order valence-electron chi connectivity index (χ4n) is 3.75. The summed E-state index contributed by atoms with van der Waals surface area (Å²) in [6, 6.07) is 7.20. The van der Waals surface area contributed by atoms with Gasteiger partial charge < -0.3 is 10.6 Å². The number of benzene rings is 1. The van der Waals surface area contributed by atoms with E-state index in [1.807, 2.05) is 12.1 Å². The van der Waals surface area contributed by atoms with Gasteiger partial charge in [0.25, 0.3) is 0 Å². The molecule has 3 atom stereocenters. The molecule has 6 nitrogen and oxygen atoms in total. The first-order valence-electron chi connectivity index (χ1n) is 9.63. The van der Waals surface area contributed by atoms with E-state index in [-0.39, 0.29) is 17.8 Å². The van der Waals surface area contributed by atoms with Crippen LogP contribution in [0.3, 0.4) is 0 Å². The fraction of sp³-hybridized carbons (Fsp3) is 0.550. The Labute approximate surface area is 175 Å². The Morgan fingerprint density at radius 1 is 1.32 bits per heavy atom. The molecule has 3 rings (SSSR count). The lowest BCUT2D eigenvalue weighted by Crippen LogP contribution is -2.36. The summed E-state index contributed by atoms with van der Waals surface area (Å²) in [6.07, 6.45) is 3.26. The van der Waals surface area contributed by atoms with E-state index in [0.29, 0.717) is 33.8 Å². The summed E-state index contributed by atoms with van der Waals surface area (Å²) in [5, 5.41) is 9.34. The van der Waals surface area contributed by atoms with Gasteiger partial charge in [0.2, 0.25) is 5.16 Å². The highest BCUT2D eigenvalue weighted by molar-refractivity contribution is 7.99. The molecule has 2 N–H and O–H groups in total. The predicted molar refractivity (Wildman–Crippen MR) is 113 cm³/mol. The molecule has 1 heterocycles. The van der Waals surface area contributed by atoms with Crippen LogP contribution in [0, 0.1) is 17.8 Å². The molecule has 0 spiro atoms. The molecule has 0 saturated heterocycles. The van der Waals surface area contributed by atoms with Crippen molar-refractivity contribution in [1.29, 1.82) is 0 Å². The average molecular weight is 423 g/mol. The van der Waals surface area contributed by atoms with Gasteiger partial charge in [-0.3, -0.25) is 4.79 Å². The minimum atomic E-state index is -0.231. The van der Waals surface area contributed by atoms with Crippen LogP contribution < -0.4 is 5.84 Å². The lowest BCUT2D eigenvalue weighted by Gasteiger charge is -2.36. The largest absolute Gasteiger partial charge is 0.461 e. The maximum atomic E-state index is 12.4. The van der Waals surface area contributed by atoms with Crippen LogP contribution in [0.1, 0.15) is 40.0 Å². The zero-order chi connectivity index (χ0) is 20.3. The lowest BCUT2D eigenvalue weighted by atomic mass is 9.75. The third-order valence-electron chi connectivity index (χ3n) is 5.33. The van der Waals surface area contributed by atoms with Crippen molar-refractivity contribution in [2.45, 2.75) is 51.3 Å². The zero-order valence-corrected chi connectivity index (χ0v) is 18.0. The molecule has 1 aromatic heterocycles. The minimum Gasteiger partial charge on any atom is -0.461 e. The highest BCUT2D eigenvalue weighted by atomic mass is 35.5. The van der Waals surface area contributed by atoms with Gasteiger partial charge in [0.05, 0.1) is 5.75 Å². The number of nitrogens with two attached hydrogens (primary N) is 1. The van der Waals surface area contributed by atoms with Gasteiger partial charge in [-0.1, -0.05) is 50.6 Å². The molecule has 0 radical (unpaired) electrons. The van der Waals surface area contributed by atoms with Gasteiger partial charge in [-0.25, -0.2) is 4.68 Å². The van der Waals surface area contributed by atoms with Crippen molar-refractivity contribution < 1.29 is 9.53 Å². The second-order valence-electron chi connectivity index (χ2n) is 7.83. The summed E-state index contributed by atoms with van der Waals surface area (Å²) in [4.78, 5) is 12.4. The van der Waals surface area contributed by atoms with E-state index in [2.05, 4.69) is 31.0 Å². The Hall–Kier alpha value is -1.73. The minimum absolute atomic E-state index is 0.00257. The van der Waals surface area contributed by atoms with Crippen LogP contribution in [0.2, 0.25) is 5.02 Å². The fourth-order valence-corrected chi connectivity index (χ4v) is 4.51. The Balaban J connectivity index is 1.59. The normalized spacial score (nSPS) is 22.4. The second-order valence-corrected chi connectivity index (χ2v) is 9.21. The molecule has 0 amide bonds. The van der Waals surface area contributed by atoms with Crippen molar-refractivity contribution in [3.63, 3.8) is 0 Å². The Kier molecular flexibility index (Phi) is 6.88. The molecule has 152 valence electrons. The average Bonchev–Trinajstić information content (AvgIpc) is 3.01. The molecular weight excluding hydrogens is 396 g/mol. The standard InChI is InChI=1S/C20H27ClN4O2S/c1-12(2)16-9-4-13(3)10-17(16)27-18(26)11-28-20-24-23-19(25(20)22)14-5-7-15(21)8-6-14/h5-8,12-13,16-17H,4,9-11,22H2,1-3H3/t13-,16-,17-/m1/s1. The maximum absolute atomic E-state index is 12.4. The van der Waals surface area contributed by atoms with Crippen LogP contribution in [-0.2, 0) is 9.53 Å². The predicted octanol–water partition coefficient (Wildman–Crippen LogP) is 4.41. The molecule has 1 saturated carbocycles. The van der Waals surface area contributed by atoms with Crippen molar-refractivity contribution in [3.05, 3.63) is 29.3 Å². The molecule has 1 aromatic carbocycles. The van der Waals surface area contributed by atoms with Gasteiger partial charge in [-0.05, 0) is 54.9 Å². The number of nitrogen functional groups attached to an aromatic ring is 1. The van der Waals surface area contributed by atoms with Gasteiger partial charge in [0.15, 0.2) is 5.82 Å². The smallest absolute Gasteiger partial charge is 0.316 e. The number of nitrogens with zero attached hydrogens (tertiary/aromatic N) is 3. The number of ether oxygens (including phenoxy) is 1. The highest BCUT2D eigenvalue weighted by Crippen LogP contribution is 2.35. The summed E-state index contributed by atoms with van der Waals surface area (Å²) in [6.45, 7) is 6.62. The first kappa shape index (κ1) is 21.0. The lowest BCUT2D eigenvalue weighted by molar-refractivity contribution is -0.152. The van der Waals surface area contributed by atoms with Crippen molar-refractivity contribution >= 4 is 29.3 Å². The van der Waals surface area contributed by atoms with E-state index in [4.69, 9.17) is 22.2 Å². The molecule has 0 aliphatic heterocycles. The number of carbonyl (C=O) groups is 1. The van der Waals surface area contributed by atoms with Crippen molar-refractivity contribution in [1.82, 2.24) is 14.9 Å². The molecule has 28 heavy (non-hydrogen) atoms. The van der Waals surface area contributed by atoms with Gasteiger partial charge in [-0.15, -0.1) is 10.2 Å². The molecule has 0 unspecified atom stereocenters. The molecule has 8 heteroatoms. The number of carbonyl (C=O) groups excluding carboxylic acids is 1. The number of rotatable bonds is 6. The van der Waals surface area contributed by atoms with Crippen molar-refractivity contribution in [2.24, 2.45) is 17.8 Å². The SMILES string of the molecule is CC(C)[C@H]1CC[C@@H](C)C[C@H]1OC(=O)CSc1nnc(-c2ccc(Cl)cc2)n1N. The number of thioether (sulfide) groups is 1. The van der Waals surface area contributed by atoms with Crippen LogP contribution >= 0.6 is 23.4 Å². The third-order valence-corrected chi connectivity index (χ3v) is 6.50. The molecule has 1 aliphatic rings. The molecule has 1 aliphatic carbocycles. The number of hydrogen-bond acceptors (Lipinski definition) is 6. The van der Waals surface area contributed by atoms with Crippen molar-refractivity contribution in [3.8, 4) is 11.4 Å². The summed E-state index contributed by atoms with van der Waals surface area (Å²) in [7, 11) is 0. The second kappa shape index (κ2) is 9.18. The van der Waals surface area contributed by atoms with E-state index in [9.17, 15) is 4.79 Å². The van der Waals surface area contributed by atoms with E-state index < -0.39 is 0 Å². The van der Waals surface area contributed by atoms with Gasteiger partial charge in [0, 0.05) is 10.6 Å². The maximum Gasteiger partial charge on any atom is 0.316 e.